The molecule has 4 aliphatic heterocycles. The number of nitrogens with one attached hydrogen (secondary N) is 2. The third-order valence-electron chi connectivity index (χ3n) is 19.4. The highest BCUT2D eigenvalue weighted by Gasteiger charge is 2.71. The van der Waals surface area contributed by atoms with Crippen LogP contribution in [0.1, 0.15) is 99.3 Å². The number of amides is 2. The number of carbonyl (C=O) groups excluding carboxylic acids is 10. The van der Waals surface area contributed by atoms with Gasteiger partial charge in [0.2, 0.25) is 0 Å². The SMILES string of the molecule is CCOC(=O)CNC(=O)OC[C@H]1O[C@@H](O[C@H]2[C@H](OC(=O)CCl)[C@@H](OC(=O)CCl)[C@H](O[C@H]3CC[C@@]4(C)[C@@H](CC[C@@H]5[C@@H]4C(=O)C[C@]4(C)C6C(C[C@@H]54)O[C@]4(CC[C@@H](C)CO4)[C@H]6C)C3)O[C@@H]2COC(=O)CCl)[C@H](OC(=O)CCl)[C@@H](OC(=O)CCl)[C@@H]1OC(=O)NCC(=O)OCC. The fourth-order valence-corrected chi connectivity index (χ4v) is 16.0. The van der Waals surface area contributed by atoms with Crippen LogP contribution in [-0.4, -0.2) is 215 Å². The molecule has 1 spiro atoms. The molecule has 0 aromatic carbocycles. The van der Waals surface area contributed by atoms with Crippen LogP contribution in [0.25, 0.3) is 0 Å². The number of hydrogen-bond donors (Lipinski definition) is 2. The molecule has 91 heavy (non-hydrogen) atoms. The maximum Gasteiger partial charge on any atom is 0.408 e. The number of hydrogen-bond acceptors (Lipinski definition) is 25. The van der Waals surface area contributed by atoms with Gasteiger partial charge in [0, 0.05) is 24.7 Å². The number of carbonyl (C=O) groups is 10. The molecular formula is C59H81Cl5N2O25. The number of esters is 7. The molecule has 4 heterocycles. The van der Waals surface area contributed by atoms with Crippen LogP contribution in [0.15, 0.2) is 0 Å². The second-order valence-corrected chi connectivity index (χ2v) is 26.2. The maximum atomic E-state index is 15.0. The van der Waals surface area contributed by atoms with E-state index in [-0.39, 0.29) is 66.0 Å². The lowest BCUT2D eigenvalue weighted by Crippen LogP contribution is -2.68. The summed E-state index contributed by atoms with van der Waals surface area (Å²) < 4.78 is 89.4. The fraction of sp³-hybridized carbons (Fsp3) is 0.831. The summed E-state index contributed by atoms with van der Waals surface area (Å²) >= 11 is 29.9. The van der Waals surface area contributed by atoms with E-state index in [0.29, 0.717) is 38.2 Å². The minimum absolute atomic E-state index is 0.0151. The van der Waals surface area contributed by atoms with Crippen LogP contribution in [0.5, 0.6) is 0 Å². The van der Waals surface area contributed by atoms with Crippen molar-refractivity contribution in [1.82, 2.24) is 10.6 Å². The molecule has 8 aliphatic rings. The molecule has 2 unspecified atom stereocenters. The number of rotatable bonds is 24. The third-order valence-corrected chi connectivity index (χ3v) is 20.5. The van der Waals surface area contributed by atoms with E-state index >= 15 is 4.79 Å². The lowest BCUT2D eigenvalue weighted by Gasteiger charge is -2.60. The summed E-state index contributed by atoms with van der Waals surface area (Å²) in [6.07, 6.45) is -16.7. The third kappa shape index (κ3) is 16.5. The Balaban J connectivity index is 1.10. The fourth-order valence-electron chi connectivity index (χ4n) is 15.6. The molecule has 4 aliphatic carbocycles. The van der Waals surface area contributed by atoms with Crippen LogP contribution in [-0.2, 0) is 109 Å². The molecule has 32 heteroatoms. The van der Waals surface area contributed by atoms with E-state index in [1.807, 2.05) is 0 Å². The van der Waals surface area contributed by atoms with E-state index < -0.39 is 188 Å². The first-order valence-corrected chi connectivity index (χ1v) is 33.4. The summed E-state index contributed by atoms with van der Waals surface area (Å²) in [7, 11) is 0. The van der Waals surface area contributed by atoms with Gasteiger partial charge in [0.1, 0.15) is 79.8 Å². The smallest absolute Gasteiger partial charge is 0.408 e. The molecule has 2 amide bonds. The standard InChI is InChI=1S/C59H81Cl5N2O25/c1-7-77-43(73)23-65-55(75)80-27-37-48(90-56(76)66-24-44(74)78-8-2)50(86-40(70)20-62)52(88-42(72)22-64)54(84-37)89-47-36(26-79-38(68)18-60)83-53(51(87-41(71)21-63)49(47)85-39(69)19-61)82-31-12-13-57(5)30(15-31)9-10-32-33-16-35-45(58(33,6)17-34(67)46(32)57)29(4)59(91-35)14-11-28(3)25-81-59/h28-33,35-37,45-54H,7-27H2,1-6H3,(H,65,75)(H,66,76)/t28-,29+,30+,31+,32+,33+,35?,36-,37-,45?,46-,47-,48-,49+,50+,51-,52-,53-,54+,57+,58+,59-/m1/s1. The summed E-state index contributed by atoms with van der Waals surface area (Å²) in [5, 5.41) is 4.31. The first-order valence-electron chi connectivity index (χ1n) is 30.8. The summed E-state index contributed by atoms with van der Waals surface area (Å²) in [4.78, 5) is 133. The molecule has 0 bridgehead atoms. The Morgan fingerprint density at radius 2 is 1.10 bits per heavy atom. The average molecular weight is 1400 g/mol. The Bertz CT molecular complexity index is 2640. The van der Waals surface area contributed by atoms with E-state index in [9.17, 15) is 43.2 Å². The van der Waals surface area contributed by atoms with Crippen molar-refractivity contribution in [3.8, 4) is 0 Å². The van der Waals surface area contributed by atoms with Crippen LogP contribution in [0, 0.1) is 52.3 Å². The molecular weight excluding hydrogens is 1310 g/mol. The van der Waals surface area contributed by atoms with Crippen molar-refractivity contribution in [1.29, 1.82) is 0 Å². The van der Waals surface area contributed by atoms with Gasteiger partial charge in [-0.25, -0.2) is 9.59 Å². The first-order chi connectivity index (χ1) is 43.4. The van der Waals surface area contributed by atoms with Crippen molar-refractivity contribution in [2.75, 3.05) is 75.5 Å². The molecule has 27 nitrogen and oxygen atoms in total. The molecule has 8 fully saturated rings. The van der Waals surface area contributed by atoms with Gasteiger partial charge in [0.25, 0.3) is 0 Å². The zero-order valence-corrected chi connectivity index (χ0v) is 55.2. The Hall–Kier alpha value is -4.29. The minimum Gasteiger partial charge on any atom is -0.465 e. The number of alkyl carbamates (subject to hydrolysis) is 2. The van der Waals surface area contributed by atoms with E-state index in [1.54, 1.807) is 0 Å². The van der Waals surface area contributed by atoms with E-state index in [2.05, 4.69) is 38.3 Å². The number of ether oxygens (including phenoxy) is 15. The second-order valence-electron chi connectivity index (χ2n) is 24.8. The summed E-state index contributed by atoms with van der Waals surface area (Å²) in [5.74, 6) is -11.0. The molecule has 512 valence electrons. The van der Waals surface area contributed by atoms with Gasteiger partial charge in [0.05, 0.1) is 32.0 Å². The Morgan fingerprint density at radius 1 is 0.560 bits per heavy atom. The van der Waals surface area contributed by atoms with Gasteiger partial charge in [-0.2, -0.15) is 0 Å². The quantitative estimate of drug-likeness (QED) is 0.0545. The van der Waals surface area contributed by atoms with Crippen LogP contribution in [0.4, 0.5) is 9.59 Å². The minimum atomic E-state index is -2.20. The van der Waals surface area contributed by atoms with Crippen LogP contribution >= 0.6 is 58.0 Å². The Kier molecular flexibility index (Phi) is 25.5. The maximum absolute atomic E-state index is 15.0. The molecule has 0 radical (unpaired) electrons. The van der Waals surface area contributed by atoms with Gasteiger partial charge >= 0.3 is 54.0 Å². The van der Waals surface area contributed by atoms with Crippen molar-refractivity contribution in [3.05, 3.63) is 0 Å². The monoisotopic (exact) mass is 1390 g/mol. The molecule has 0 aromatic rings. The van der Waals surface area contributed by atoms with Gasteiger partial charge in [-0.3, -0.25) is 38.4 Å². The summed E-state index contributed by atoms with van der Waals surface area (Å²) in [6, 6.07) is 0. The summed E-state index contributed by atoms with van der Waals surface area (Å²) in [5.41, 5.74) is -0.704. The van der Waals surface area contributed by atoms with Gasteiger partial charge in [-0.05, 0) is 99.2 Å². The molecule has 0 aromatic heterocycles. The summed E-state index contributed by atoms with van der Waals surface area (Å²) in [6.45, 7) is 9.30. The van der Waals surface area contributed by atoms with Crippen molar-refractivity contribution < 1.29 is 119 Å². The highest BCUT2D eigenvalue weighted by molar-refractivity contribution is 6.27. The van der Waals surface area contributed by atoms with E-state index in [1.165, 1.54) is 13.8 Å². The molecule has 4 saturated heterocycles. The molecule has 2 N–H and O–H groups in total. The number of halogens is 5. The highest BCUT2D eigenvalue weighted by atomic mass is 35.5. The zero-order valence-electron chi connectivity index (χ0n) is 51.4. The van der Waals surface area contributed by atoms with E-state index in [0.717, 1.165) is 32.1 Å². The normalized spacial score (nSPS) is 38.0. The predicted octanol–water partition coefficient (Wildman–Crippen LogP) is 5.16. The predicted molar refractivity (Wildman–Crippen MR) is 314 cm³/mol. The molecule has 4 saturated carbocycles. The van der Waals surface area contributed by atoms with Crippen molar-refractivity contribution in [2.45, 2.75) is 179 Å². The van der Waals surface area contributed by atoms with Crippen molar-refractivity contribution in [3.63, 3.8) is 0 Å². The van der Waals surface area contributed by atoms with Crippen LogP contribution < -0.4 is 10.6 Å². The van der Waals surface area contributed by atoms with Gasteiger partial charge < -0.3 is 81.7 Å². The average Bonchev–Trinajstić information content (AvgIpc) is 1.62. The number of alkyl halides is 5. The zero-order chi connectivity index (χ0) is 66.1. The topological polar surface area (TPSA) is 333 Å². The first kappa shape index (κ1) is 72.5. The number of Topliss-reactive ketones (excluding diaryl/α,β-unsaturated/α-hetero) is 1. The highest BCUT2D eigenvalue weighted by Crippen LogP contribution is 2.71. The molecule has 8 rings (SSSR count). The lowest BCUT2D eigenvalue weighted by atomic mass is 9.44. The van der Waals surface area contributed by atoms with Gasteiger partial charge in [-0.15, -0.1) is 58.0 Å². The number of fused-ring (bicyclic) bond motifs is 7. The second kappa shape index (κ2) is 32.0. The van der Waals surface area contributed by atoms with Gasteiger partial charge in [-0.1, -0.05) is 27.7 Å². The van der Waals surface area contributed by atoms with Crippen LogP contribution in [0.2, 0.25) is 0 Å². The van der Waals surface area contributed by atoms with Gasteiger partial charge in [0.15, 0.2) is 48.9 Å². The Morgan fingerprint density at radius 3 is 1.66 bits per heavy atom. The van der Waals surface area contributed by atoms with Crippen molar-refractivity contribution >= 4 is 118 Å². The van der Waals surface area contributed by atoms with Crippen molar-refractivity contribution in [2.24, 2.45) is 52.3 Å². The largest absolute Gasteiger partial charge is 0.465 e. The number of ketones is 1. The lowest BCUT2D eigenvalue weighted by molar-refractivity contribution is -0.364. The molecule has 22 atom stereocenters. The van der Waals surface area contributed by atoms with Crippen LogP contribution in [0.3, 0.4) is 0 Å². The van der Waals surface area contributed by atoms with E-state index in [4.69, 9.17) is 129 Å². The Labute approximate surface area is 551 Å².